The Hall–Kier alpha value is -2.00. The molecule has 23 heavy (non-hydrogen) atoms. The van der Waals surface area contributed by atoms with Crippen LogP contribution in [0.3, 0.4) is 0 Å². The van der Waals surface area contributed by atoms with E-state index < -0.39 is 0 Å². The van der Waals surface area contributed by atoms with Crippen molar-refractivity contribution < 1.29 is 4.74 Å². The van der Waals surface area contributed by atoms with Crippen molar-refractivity contribution >= 4 is 5.69 Å². The molecular weight excluding hydrogens is 284 g/mol. The molecule has 0 aromatic heterocycles. The van der Waals surface area contributed by atoms with Crippen molar-refractivity contribution in [1.82, 2.24) is 4.90 Å². The fourth-order valence-electron chi connectivity index (χ4n) is 3.25. The van der Waals surface area contributed by atoms with E-state index in [9.17, 15) is 0 Å². The normalized spacial score (nSPS) is 15.7. The summed E-state index contributed by atoms with van der Waals surface area (Å²) in [6.45, 7) is 9.81. The maximum atomic E-state index is 5.32. The Bertz CT molecular complexity index is 660. The van der Waals surface area contributed by atoms with Gasteiger partial charge in [-0.2, -0.15) is 0 Å². The standard InChI is InChI=1S/C20H26N2O/c1-16-6-4-9-20(17(16)2)22-12-10-21(11-13-22)15-18-7-5-8-19(14-18)23-3/h4-9,14H,10-13,15H2,1-3H3. The van der Waals surface area contributed by atoms with Crippen molar-refractivity contribution in [3.8, 4) is 5.75 Å². The Kier molecular flexibility index (Phi) is 4.87. The molecule has 3 nitrogen and oxygen atoms in total. The highest BCUT2D eigenvalue weighted by Crippen LogP contribution is 2.24. The summed E-state index contributed by atoms with van der Waals surface area (Å²) >= 11 is 0. The number of hydrogen-bond acceptors (Lipinski definition) is 3. The van der Waals surface area contributed by atoms with E-state index in [1.807, 2.05) is 6.07 Å². The molecule has 0 atom stereocenters. The molecule has 1 aliphatic rings. The zero-order valence-corrected chi connectivity index (χ0v) is 14.4. The molecule has 122 valence electrons. The molecule has 0 N–H and O–H groups in total. The fraction of sp³-hybridized carbons (Fsp3) is 0.400. The lowest BCUT2D eigenvalue weighted by Gasteiger charge is -2.37. The molecule has 0 radical (unpaired) electrons. The predicted octanol–water partition coefficient (Wildman–Crippen LogP) is 3.63. The lowest BCUT2D eigenvalue weighted by Crippen LogP contribution is -2.46. The van der Waals surface area contributed by atoms with E-state index in [0.717, 1.165) is 38.5 Å². The summed E-state index contributed by atoms with van der Waals surface area (Å²) in [6, 6.07) is 15.0. The largest absolute Gasteiger partial charge is 0.497 e. The minimum Gasteiger partial charge on any atom is -0.497 e. The molecule has 0 bridgehead atoms. The highest BCUT2D eigenvalue weighted by atomic mass is 16.5. The number of anilines is 1. The number of rotatable bonds is 4. The highest BCUT2D eigenvalue weighted by molar-refractivity contribution is 5.56. The summed E-state index contributed by atoms with van der Waals surface area (Å²) in [5.41, 5.74) is 5.51. The maximum Gasteiger partial charge on any atom is 0.119 e. The van der Waals surface area contributed by atoms with E-state index >= 15 is 0 Å². The van der Waals surface area contributed by atoms with Gasteiger partial charge in [0.05, 0.1) is 7.11 Å². The molecule has 0 saturated carbocycles. The second-order valence-corrected chi connectivity index (χ2v) is 6.33. The number of ether oxygens (including phenoxy) is 1. The molecule has 1 aliphatic heterocycles. The number of hydrogen-bond donors (Lipinski definition) is 0. The Labute approximate surface area is 139 Å². The van der Waals surface area contributed by atoms with Gasteiger partial charge >= 0.3 is 0 Å². The summed E-state index contributed by atoms with van der Waals surface area (Å²) in [7, 11) is 1.72. The van der Waals surface area contributed by atoms with Gasteiger partial charge in [-0.25, -0.2) is 0 Å². The lowest BCUT2D eigenvalue weighted by atomic mass is 10.1. The third kappa shape index (κ3) is 3.67. The molecule has 0 amide bonds. The Morgan fingerprint density at radius 3 is 2.43 bits per heavy atom. The first-order valence-corrected chi connectivity index (χ1v) is 8.34. The second-order valence-electron chi connectivity index (χ2n) is 6.33. The van der Waals surface area contributed by atoms with Gasteiger partial charge in [-0.3, -0.25) is 4.90 Å². The summed E-state index contributed by atoms with van der Waals surface area (Å²) in [5, 5.41) is 0. The van der Waals surface area contributed by atoms with Crippen LogP contribution in [0.1, 0.15) is 16.7 Å². The Morgan fingerprint density at radius 2 is 1.70 bits per heavy atom. The van der Waals surface area contributed by atoms with Crippen LogP contribution in [0.15, 0.2) is 42.5 Å². The van der Waals surface area contributed by atoms with Gasteiger partial charge in [-0.05, 0) is 48.7 Å². The topological polar surface area (TPSA) is 15.7 Å². The van der Waals surface area contributed by atoms with Crippen LogP contribution in [0.5, 0.6) is 5.75 Å². The van der Waals surface area contributed by atoms with Crippen LogP contribution >= 0.6 is 0 Å². The molecule has 0 unspecified atom stereocenters. The van der Waals surface area contributed by atoms with Crippen molar-refractivity contribution in [2.45, 2.75) is 20.4 Å². The molecular formula is C20H26N2O. The third-order valence-electron chi connectivity index (χ3n) is 4.83. The van der Waals surface area contributed by atoms with Crippen LogP contribution in [0, 0.1) is 13.8 Å². The molecule has 0 aliphatic carbocycles. The van der Waals surface area contributed by atoms with Gasteiger partial charge in [-0.1, -0.05) is 24.3 Å². The predicted molar refractivity (Wildman–Crippen MR) is 96.4 cm³/mol. The van der Waals surface area contributed by atoms with E-state index in [1.165, 1.54) is 22.4 Å². The van der Waals surface area contributed by atoms with Gasteiger partial charge in [0.25, 0.3) is 0 Å². The minimum absolute atomic E-state index is 0.941. The second kappa shape index (κ2) is 7.05. The Morgan fingerprint density at radius 1 is 0.957 bits per heavy atom. The van der Waals surface area contributed by atoms with Gasteiger partial charge in [0.2, 0.25) is 0 Å². The van der Waals surface area contributed by atoms with E-state index in [1.54, 1.807) is 7.11 Å². The zero-order valence-electron chi connectivity index (χ0n) is 14.4. The maximum absolute atomic E-state index is 5.32. The first-order chi connectivity index (χ1) is 11.2. The fourth-order valence-corrected chi connectivity index (χ4v) is 3.25. The summed E-state index contributed by atoms with van der Waals surface area (Å²) in [6.07, 6.45) is 0. The van der Waals surface area contributed by atoms with Crippen molar-refractivity contribution in [2.75, 3.05) is 38.2 Å². The van der Waals surface area contributed by atoms with Crippen molar-refractivity contribution in [1.29, 1.82) is 0 Å². The quantitative estimate of drug-likeness (QED) is 0.857. The molecule has 3 heteroatoms. The first kappa shape index (κ1) is 15.9. The highest BCUT2D eigenvalue weighted by Gasteiger charge is 2.18. The van der Waals surface area contributed by atoms with Crippen molar-refractivity contribution in [3.63, 3.8) is 0 Å². The third-order valence-corrected chi connectivity index (χ3v) is 4.83. The zero-order chi connectivity index (χ0) is 16.2. The van der Waals surface area contributed by atoms with E-state index in [0.29, 0.717) is 0 Å². The van der Waals surface area contributed by atoms with Gasteiger partial charge in [-0.15, -0.1) is 0 Å². The number of aryl methyl sites for hydroxylation is 1. The summed E-state index contributed by atoms with van der Waals surface area (Å²) < 4.78 is 5.32. The average molecular weight is 310 g/mol. The molecule has 0 spiro atoms. The molecule has 2 aromatic carbocycles. The van der Waals surface area contributed by atoms with Crippen LogP contribution in [0.25, 0.3) is 0 Å². The van der Waals surface area contributed by atoms with E-state index in [2.05, 4.69) is 60.0 Å². The summed E-state index contributed by atoms with van der Waals surface area (Å²) in [4.78, 5) is 5.04. The van der Waals surface area contributed by atoms with Crippen molar-refractivity contribution in [3.05, 3.63) is 59.2 Å². The van der Waals surface area contributed by atoms with E-state index in [4.69, 9.17) is 4.74 Å². The van der Waals surface area contributed by atoms with Crippen LogP contribution in [0.4, 0.5) is 5.69 Å². The van der Waals surface area contributed by atoms with Gasteiger partial charge in [0.15, 0.2) is 0 Å². The average Bonchev–Trinajstić information content (AvgIpc) is 2.58. The molecule has 1 saturated heterocycles. The van der Waals surface area contributed by atoms with E-state index in [-0.39, 0.29) is 0 Å². The van der Waals surface area contributed by atoms with Crippen LogP contribution in [-0.4, -0.2) is 38.2 Å². The monoisotopic (exact) mass is 310 g/mol. The van der Waals surface area contributed by atoms with Crippen LogP contribution < -0.4 is 9.64 Å². The van der Waals surface area contributed by atoms with Gasteiger partial charge < -0.3 is 9.64 Å². The van der Waals surface area contributed by atoms with Crippen molar-refractivity contribution in [2.24, 2.45) is 0 Å². The SMILES string of the molecule is COc1cccc(CN2CCN(c3cccc(C)c3C)CC2)c1. The Balaban J connectivity index is 1.61. The van der Waals surface area contributed by atoms with Gasteiger partial charge in [0.1, 0.15) is 5.75 Å². The number of methoxy groups -OCH3 is 1. The van der Waals surface area contributed by atoms with Crippen LogP contribution in [-0.2, 0) is 6.54 Å². The minimum atomic E-state index is 0.941. The van der Waals surface area contributed by atoms with Crippen LogP contribution in [0.2, 0.25) is 0 Å². The first-order valence-electron chi connectivity index (χ1n) is 8.34. The summed E-state index contributed by atoms with van der Waals surface area (Å²) in [5.74, 6) is 0.941. The number of benzene rings is 2. The lowest BCUT2D eigenvalue weighted by molar-refractivity contribution is 0.249. The number of piperazine rings is 1. The molecule has 3 rings (SSSR count). The van der Waals surface area contributed by atoms with Gasteiger partial charge in [0, 0.05) is 38.4 Å². The molecule has 1 heterocycles. The smallest absolute Gasteiger partial charge is 0.119 e. The molecule has 1 fully saturated rings. The molecule has 2 aromatic rings. The number of nitrogens with zero attached hydrogens (tertiary/aromatic N) is 2.